The van der Waals surface area contributed by atoms with Gasteiger partial charge in [-0.3, -0.25) is 0 Å². The molecule has 0 spiro atoms. The number of rotatable bonds is 5. The predicted octanol–water partition coefficient (Wildman–Crippen LogP) is 1.08. The molecule has 0 amide bonds. The molecule has 0 aromatic rings. The van der Waals surface area contributed by atoms with Crippen molar-refractivity contribution in [1.29, 1.82) is 0 Å². The second-order valence-corrected chi connectivity index (χ2v) is 4.61. The first-order valence-electron chi connectivity index (χ1n) is 5.70. The molecule has 2 N–H and O–H groups in total. The zero-order chi connectivity index (χ0) is 10.4. The van der Waals surface area contributed by atoms with Gasteiger partial charge in [-0.25, -0.2) is 0 Å². The molecule has 3 nitrogen and oxygen atoms in total. The van der Waals surface area contributed by atoms with Gasteiger partial charge in [-0.15, -0.1) is 0 Å². The molecular formula is C11H24N2O. The van der Waals surface area contributed by atoms with Gasteiger partial charge in [0.05, 0.1) is 6.61 Å². The van der Waals surface area contributed by atoms with Gasteiger partial charge in [0.15, 0.2) is 0 Å². The van der Waals surface area contributed by atoms with Crippen LogP contribution < -0.4 is 5.73 Å². The molecule has 14 heavy (non-hydrogen) atoms. The standard InChI is InChI=1S/C11H24N2O/c1-10(12)5-6-13(2)8-11-4-3-7-14-9-11/h10-11H,3-9,12H2,1-2H3. The van der Waals surface area contributed by atoms with Crippen LogP contribution >= 0.6 is 0 Å². The zero-order valence-corrected chi connectivity index (χ0v) is 9.54. The highest BCUT2D eigenvalue weighted by molar-refractivity contribution is 4.68. The maximum Gasteiger partial charge on any atom is 0.0506 e. The molecule has 3 heteroatoms. The van der Waals surface area contributed by atoms with Crippen molar-refractivity contribution >= 4 is 0 Å². The summed E-state index contributed by atoms with van der Waals surface area (Å²) in [6, 6.07) is 0.319. The van der Waals surface area contributed by atoms with Crippen molar-refractivity contribution in [3.8, 4) is 0 Å². The summed E-state index contributed by atoms with van der Waals surface area (Å²) in [4.78, 5) is 2.38. The smallest absolute Gasteiger partial charge is 0.0506 e. The third-order valence-corrected chi connectivity index (χ3v) is 2.79. The van der Waals surface area contributed by atoms with E-state index in [1.807, 2.05) is 0 Å². The Bertz CT molecular complexity index is 144. The van der Waals surface area contributed by atoms with Crippen LogP contribution in [0.2, 0.25) is 0 Å². The molecule has 0 aromatic carbocycles. The molecule has 1 heterocycles. The minimum Gasteiger partial charge on any atom is -0.381 e. The van der Waals surface area contributed by atoms with Crippen LogP contribution in [0.15, 0.2) is 0 Å². The highest BCUT2D eigenvalue weighted by Gasteiger charge is 2.15. The summed E-state index contributed by atoms with van der Waals surface area (Å²) in [6.45, 7) is 6.24. The number of nitrogens with two attached hydrogens (primary N) is 1. The molecular weight excluding hydrogens is 176 g/mol. The summed E-state index contributed by atoms with van der Waals surface area (Å²) in [6.07, 6.45) is 3.64. The summed E-state index contributed by atoms with van der Waals surface area (Å²) < 4.78 is 5.46. The van der Waals surface area contributed by atoms with Crippen LogP contribution in [0.3, 0.4) is 0 Å². The van der Waals surface area contributed by atoms with E-state index in [4.69, 9.17) is 10.5 Å². The van der Waals surface area contributed by atoms with Gasteiger partial charge in [0, 0.05) is 19.2 Å². The van der Waals surface area contributed by atoms with Gasteiger partial charge in [-0.1, -0.05) is 0 Å². The fourth-order valence-corrected chi connectivity index (χ4v) is 1.91. The van der Waals surface area contributed by atoms with E-state index in [0.29, 0.717) is 6.04 Å². The Labute approximate surface area is 87.6 Å². The average Bonchev–Trinajstić information content (AvgIpc) is 2.16. The molecule has 84 valence electrons. The van der Waals surface area contributed by atoms with Gasteiger partial charge in [-0.05, 0) is 45.7 Å². The van der Waals surface area contributed by atoms with Crippen LogP contribution in [0.5, 0.6) is 0 Å². The van der Waals surface area contributed by atoms with E-state index in [-0.39, 0.29) is 0 Å². The summed E-state index contributed by atoms with van der Waals surface area (Å²) >= 11 is 0. The molecule has 1 fully saturated rings. The Morgan fingerprint density at radius 1 is 1.57 bits per heavy atom. The van der Waals surface area contributed by atoms with E-state index >= 15 is 0 Å². The lowest BCUT2D eigenvalue weighted by atomic mass is 10.0. The lowest BCUT2D eigenvalue weighted by Gasteiger charge is -2.27. The van der Waals surface area contributed by atoms with E-state index in [1.54, 1.807) is 0 Å². The molecule has 1 rings (SSSR count). The number of ether oxygens (including phenoxy) is 1. The Morgan fingerprint density at radius 3 is 2.93 bits per heavy atom. The molecule has 0 radical (unpaired) electrons. The predicted molar refractivity (Wildman–Crippen MR) is 59.3 cm³/mol. The molecule has 0 bridgehead atoms. The van der Waals surface area contributed by atoms with Gasteiger partial charge < -0.3 is 15.4 Å². The van der Waals surface area contributed by atoms with Crippen LogP contribution in [0.4, 0.5) is 0 Å². The Balaban J connectivity index is 2.09. The maximum absolute atomic E-state index is 5.72. The second kappa shape index (κ2) is 6.38. The SMILES string of the molecule is CC(N)CCN(C)CC1CCCOC1. The Kier molecular flexibility index (Phi) is 5.45. The number of hydrogen-bond donors (Lipinski definition) is 1. The van der Waals surface area contributed by atoms with E-state index in [9.17, 15) is 0 Å². The molecule has 1 saturated heterocycles. The van der Waals surface area contributed by atoms with Crippen LogP contribution in [-0.4, -0.2) is 44.3 Å². The van der Waals surface area contributed by atoms with Crippen molar-refractivity contribution in [1.82, 2.24) is 4.90 Å². The van der Waals surface area contributed by atoms with Gasteiger partial charge >= 0.3 is 0 Å². The van der Waals surface area contributed by atoms with Crippen molar-refractivity contribution in [2.45, 2.75) is 32.2 Å². The van der Waals surface area contributed by atoms with Crippen molar-refractivity contribution < 1.29 is 4.74 Å². The molecule has 1 aliphatic heterocycles. The third kappa shape index (κ3) is 4.94. The Morgan fingerprint density at radius 2 is 2.36 bits per heavy atom. The molecule has 1 aliphatic rings. The highest BCUT2D eigenvalue weighted by Crippen LogP contribution is 2.14. The van der Waals surface area contributed by atoms with Crippen LogP contribution in [-0.2, 0) is 4.74 Å². The lowest BCUT2D eigenvalue weighted by molar-refractivity contribution is 0.0418. The molecule has 0 saturated carbocycles. The minimum atomic E-state index is 0.319. The van der Waals surface area contributed by atoms with Crippen molar-refractivity contribution in [3.63, 3.8) is 0 Å². The molecule has 0 aliphatic carbocycles. The quantitative estimate of drug-likeness (QED) is 0.722. The van der Waals surface area contributed by atoms with E-state index < -0.39 is 0 Å². The third-order valence-electron chi connectivity index (χ3n) is 2.79. The van der Waals surface area contributed by atoms with Gasteiger partial charge in [0.1, 0.15) is 0 Å². The van der Waals surface area contributed by atoms with Gasteiger partial charge in [-0.2, -0.15) is 0 Å². The topological polar surface area (TPSA) is 38.5 Å². The summed E-state index contributed by atoms with van der Waals surface area (Å²) in [5.74, 6) is 0.738. The van der Waals surface area contributed by atoms with E-state index in [0.717, 1.165) is 38.6 Å². The fraction of sp³-hybridized carbons (Fsp3) is 1.00. The highest BCUT2D eigenvalue weighted by atomic mass is 16.5. The first-order chi connectivity index (χ1) is 6.68. The number of hydrogen-bond acceptors (Lipinski definition) is 3. The largest absolute Gasteiger partial charge is 0.381 e. The van der Waals surface area contributed by atoms with Crippen LogP contribution in [0.1, 0.15) is 26.2 Å². The first kappa shape index (κ1) is 12.0. The number of nitrogens with zero attached hydrogens (tertiary/aromatic N) is 1. The lowest BCUT2D eigenvalue weighted by Crippen LogP contribution is -2.33. The van der Waals surface area contributed by atoms with Gasteiger partial charge in [0.2, 0.25) is 0 Å². The van der Waals surface area contributed by atoms with Gasteiger partial charge in [0.25, 0.3) is 0 Å². The fourth-order valence-electron chi connectivity index (χ4n) is 1.91. The van der Waals surface area contributed by atoms with Crippen molar-refractivity contribution in [2.24, 2.45) is 11.7 Å². The minimum absolute atomic E-state index is 0.319. The molecule has 0 aromatic heterocycles. The maximum atomic E-state index is 5.72. The summed E-state index contributed by atoms with van der Waals surface area (Å²) in [7, 11) is 2.18. The van der Waals surface area contributed by atoms with Crippen LogP contribution in [0, 0.1) is 5.92 Å². The summed E-state index contributed by atoms with van der Waals surface area (Å²) in [5, 5.41) is 0. The normalized spacial score (nSPS) is 25.3. The molecule has 2 atom stereocenters. The van der Waals surface area contributed by atoms with Crippen LogP contribution in [0.25, 0.3) is 0 Å². The van der Waals surface area contributed by atoms with Crippen molar-refractivity contribution in [2.75, 3.05) is 33.4 Å². The van der Waals surface area contributed by atoms with E-state index in [2.05, 4.69) is 18.9 Å². The average molecular weight is 200 g/mol. The first-order valence-corrected chi connectivity index (χ1v) is 5.70. The second-order valence-electron chi connectivity index (χ2n) is 4.61. The Hall–Kier alpha value is -0.120. The molecule has 2 unspecified atom stereocenters. The van der Waals surface area contributed by atoms with Crippen molar-refractivity contribution in [3.05, 3.63) is 0 Å². The monoisotopic (exact) mass is 200 g/mol. The van der Waals surface area contributed by atoms with E-state index in [1.165, 1.54) is 12.8 Å². The zero-order valence-electron chi connectivity index (χ0n) is 9.54. The summed E-state index contributed by atoms with van der Waals surface area (Å²) in [5.41, 5.74) is 5.72.